The van der Waals surface area contributed by atoms with Gasteiger partial charge in [0.15, 0.2) is 0 Å². The first-order valence-electron chi connectivity index (χ1n) is 7.72. The number of nitriles is 1. The van der Waals surface area contributed by atoms with Gasteiger partial charge in [0, 0.05) is 11.3 Å². The number of hydrogen-bond acceptors (Lipinski definition) is 6. The van der Waals surface area contributed by atoms with Crippen LogP contribution in [0, 0.1) is 11.3 Å². The number of rotatable bonds is 7. The largest absolute Gasteiger partial charge is 0.497 e. The molecule has 7 nitrogen and oxygen atoms in total. The maximum atomic E-state index is 12.2. The maximum absolute atomic E-state index is 12.2. The Kier molecular flexibility index (Phi) is 6.57. The number of anilines is 1. The highest BCUT2D eigenvalue weighted by Gasteiger charge is 2.11. The van der Waals surface area contributed by atoms with E-state index in [2.05, 4.69) is 5.32 Å². The van der Waals surface area contributed by atoms with E-state index in [0.29, 0.717) is 28.3 Å². The minimum Gasteiger partial charge on any atom is -0.497 e. The molecule has 0 saturated carbocycles. The summed E-state index contributed by atoms with van der Waals surface area (Å²) in [6.45, 7) is 0.0276. The van der Waals surface area contributed by atoms with Crippen LogP contribution in [0.3, 0.4) is 0 Å². The lowest BCUT2D eigenvalue weighted by Crippen LogP contribution is -2.10. The lowest BCUT2D eigenvalue weighted by Gasteiger charge is -2.11. The molecule has 0 unspecified atom stereocenters. The molecule has 0 atom stereocenters. The van der Waals surface area contributed by atoms with Gasteiger partial charge in [0.1, 0.15) is 24.5 Å². The van der Waals surface area contributed by atoms with E-state index in [1.165, 1.54) is 19.2 Å². The smallest absolute Gasteiger partial charge is 0.338 e. The molecule has 7 heteroatoms. The highest BCUT2D eigenvalue weighted by molar-refractivity contribution is 5.93. The Morgan fingerprint density at radius 3 is 2.42 bits per heavy atom. The topological polar surface area (TPSA) is 97.7 Å². The molecule has 1 amide bonds. The average molecular weight is 354 g/mol. The molecule has 26 heavy (non-hydrogen) atoms. The molecule has 2 rings (SSSR count). The number of methoxy groups -OCH3 is 2. The first kappa shape index (κ1) is 18.8. The molecule has 0 aromatic heterocycles. The number of esters is 1. The second kappa shape index (κ2) is 9.08. The normalized spacial score (nSPS) is 9.73. The van der Waals surface area contributed by atoms with Crippen molar-refractivity contribution in [3.05, 3.63) is 53.6 Å². The highest BCUT2D eigenvalue weighted by Crippen LogP contribution is 2.25. The lowest BCUT2D eigenvalue weighted by atomic mass is 10.2. The molecule has 0 aliphatic rings. The third-order valence-electron chi connectivity index (χ3n) is 3.49. The number of benzene rings is 2. The molecule has 1 N–H and O–H groups in total. The van der Waals surface area contributed by atoms with Gasteiger partial charge in [-0.3, -0.25) is 4.79 Å². The van der Waals surface area contributed by atoms with Crippen LogP contribution < -0.4 is 14.8 Å². The Morgan fingerprint density at radius 1 is 1.08 bits per heavy atom. The van der Waals surface area contributed by atoms with Gasteiger partial charge in [-0.1, -0.05) is 0 Å². The zero-order valence-electron chi connectivity index (χ0n) is 14.4. The highest BCUT2D eigenvalue weighted by atomic mass is 16.5. The van der Waals surface area contributed by atoms with Crippen molar-refractivity contribution < 1.29 is 23.8 Å². The summed E-state index contributed by atoms with van der Waals surface area (Å²) in [5.41, 5.74) is 1.52. The van der Waals surface area contributed by atoms with E-state index in [9.17, 15) is 9.59 Å². The summed E-state index contributed by atoms with van der Waals surface area (Å²) in [7, 11) is 3.08. The molecule has 134 valence electrons. The second-order valence-corrected chi connectivity index (χ2v) is 5.21. The Balaban J connectivity index is 2.00. The minimum absolute atomic E-state index is 0.0276. The van der Waals surface area contributed by atoms with Crippen molar-refractivity contribution in [2.24, 2.45) is 0 Å². The van der Waals surface area contributed by atoms with Gasteiger partial charge in [-0.25, -0.2) is 4.79 Å². The molecule has 0 aliphatic carbocycles. The molecule has 0 saturated heterocycles. The van der Waals surface area contributed by atoms with Crippen LogP contribution in [-0.4, -0.2) is 26.1 Å². The summed E-state index contributed by atoms with van der Waals surface area (Å²) in [6.07, 6.45) is -0.230. The number of carbonyl (C=O) groups is 2. The van der Waals surface area contributed by atoms with E-state index >= 15 is 0 Å². The van der Waals surface area contributed by atoms with Crippen LogP contribution in [0.2, 0.25) is 0 Å². The van der Waals surface area contributed by atoms with Crippen molar-refractivity contribution in [2.75, 3.05) is 19.5 Å². The first-order valence-corrected chi connectivity index (χ1v) is 7.72. The maximum Gasteiger partial charge on any atom is 0.338 e. The van der Waals surface area contributed by atoms with E-state index in [-0.39, 0.29) is 13.0 Å². The quantitative estimate of drug-likeness (QED) is 0.768. The van der Waals surface area contributed by atoms with Crippen LogP contribution in [0.1, 0.15) is 22.3 Å². The fourth-order valence-corrected chi connectivity index (χ4v) is 2.19. The Hall–Kier alpha value is -3.53. The third-order valence-corrected chi connectivity index (χ3v) is 3.49. The standard InChI is InChI=1S/C19H18N2O5/c1-24-16-7-8-17(25-2)14(11-16)12-26-19(23)13-3-5-15(6-4-13)21-18(22)9-10-20/h3-8,11H,9,12H2,1-2H3,(H,21,22). The summed E-state index contributed by atoms with van der Waals surface area (Å²) in [6, 6.07) is 13.2. The molecule has 0 fully saturated rings. The third kappa shape index (κ3) is 4.98. The molecule has 2 aromatic rings. The van der Waals surface area contributed by atoms with Crippen LogP contribution in [0.25, 0.3) is 0 Å². The van der Waals surface area contributed by atoms with E-state index in [1.54, 1.807) is 43.5 Å². The molecular formula is C19H18N2O5. The lowest BCUT2D eigenvalue weighted by molar-refractivity contribution is -0.115. The van der Waals surface area contributed by atoms with Crippen molar-refractivity contribution in [1.82, 2.24) is 0 Å². The van der Waals surface area contributed by atoms with E-state index in [0.717, 1.165) is 0 Å². The van der Waals surface area contributed by atoms with Gasteiger partial charge in [-0.05, 0) is 42.5 Å². The number of nitrogens with one attached hydrogen (secondary N) is 1. The molecule has 2 aromatic carbocycles. The molecule has 0 bridgehead atoms. The van der Waals surface area contributed by atoms with Crippen LogP contribution >= 0.6 is 0 Å². The van der Waals surface area contributed by atoms with Crippen molar-refractivity contribution >= 4 is 17.6 Å². The monoisotopic (exact) mass is 354 g/mol. The predicted molar refractivity (Wildman–Crippen MR) is 94.0 cm³/mol. The molecular weight excluding hydrogens is 336 g/mol. The summed E-state index contributed by atoms with van der Waals surface area (Å²) in [4.78, 5) is 23.5. The van der Waals surface area contributed by atoms with E-state index < -0.39 is 11.9 Å². The van der Waals surface area contributed by atoms with Crippen LogP contribution in [-0.2, 0) is 16.1 Å². The van der Waals surface area contributed by atoms with Gasteiger partial charge >= 0.3 is 5.97 Å². The van der Waals surface area contributed by atoms with Crippen molar-refractivity contribution in [2.45, 2.75) is 13.0 Å². The van der Waals surface area contributed by atoms with Gasteiger partial charge in [0.2, 0.25) is 5.91 Å². The van der Waals surface area contributed by atoms with Gasteiger partial charge in [0.05, 0.1) is 25.9 Å². The van der Waals surface area contributed by atoms with Crippen molar-refractivity contribution in [1.29, 1.82) is 5.26 Å². The molecule has 0 radical (unpaired) electrons. The number of nitrogens with zero attached hydrogens (tertiary/aromatic N) is 1. The summed E-state index contributed by atoms with van der Waals surface area (Å²) >= 11 is 0. The summed E-state index contributed by atoms with van der Waals surface area (Å²) in [5, 5.41) is 11.0. The van der Waals surface area contributed by atoms with Crippen LogP contribution in [0.4, 0.5) is 5.69 Å². The number of ether oxygens (including phenoxy) is 3. The number of hydrogen-bond donors (Lipinski definition) is 1. The van der Waals surface area contributed by atoms with E-state index in [4.69, 9.17) is 19.5 Å². The SMILES string of the molecule is COc1ccc(OC)c(COC(=O)c2ccc(NC(=O)CC#N)cc2)c1. The zero-order chi connectivity index (χ0) is 18.9. The summed E-state index contributed by atoms with van der Waals surface area (Å²) < 4.78 is 15.7. The van der Waals surface area contributed by atoms with Gasteiger partial charge in [-0.2, -0.15) is 5.26 Å². The Morgan fingerprint density at radius 2 is 1.81 bits per heavy atom. The van der Waals surface area contributed by atoms with E-state index in [1.807, 2.05) is 0 Å². The van der Waals surface area contributed by atoms with Crippen molar-refractivity contribution in [3.63, 3.8) is 0 Å². The molecule has 0 heterocycles. The zero-order valence-corrected chi connectivity index (χ0v) is 14.4. The Bertz CT molecular complexity index is 825. The Labute approximate surface area is 151 Å². The first-order chi connectivity index (χ1) is 12.6. The van der Waals surface area contributed by atoms with Gasteiger partial charge in [0.25, 0.3) is 0 Å². The second-order valence-electron chi connectivity index (χ2n) is 5.21. The van der Waals surface area contributed by atoms with Gasteiger partial charge in [-0.15, -0.1) is 0 Å². The van der Waals surface area contributed by atoms with Crippen LogP contribution in [0.15, 0.2) is 42.5 Å². The molecule has 0 aliphatic heterocycles. The fourth-order valence-electron chi connectivity index (χ4n) is 2.19. The fraction of sp³-hybridized carbons (Fsp3) is 0.211. The average Bonchev–Trinajstić information content (AvgIpc) is 2.66. The van der Waals surface area contributed by atoms with Crippen molar-refractivity contribution in [3.8, 4) is 17.6 Å². The number of carbonyl (C=O) groups excluding carboxylic acids is 2. The number of amides is 1. The summed E-state index contributed by atoms with van der Waals surface area (Å²) in [5.74, 6) is 0.307. The minimum atomic E-state index is -0.509. The van der Waals surface area contributed by atoms with Crippen LogP contribution in [0.5, 0.6) is 11.5 Å². The molecule has 0 spiro atoms. The van der Waals surface area contributed by atoms with Gasteiger partial charge < -0.3 is 19.5 Å². The predicted octanol–water partition coefficient (Wildman–Crippen LogP) is 2.91.